The summed E-state index contributed by atoms with van der Waals surface area (Å²) in [6.07, 6.45) is 0. The maximum Gasteiger partial charge on any atom is 1.00 e. The van der Waals surface area contributed by atoms with Gasteiger partial charge in [-0.25, -0.2) is 0 Å². The first-order valence-electron chi connectivity index (χ1n) is 0. The number of hydrogen-bond acceptors (Lipinski definition) is 0. The van der Waals surface area contributed by atoms with Crippen molar-refractivity contribution in [3.8, 4) is 0 Å². The van der Waals surface area contributed by atoms with E-state index in [9.17, 15) is 0 Å². The topological polar surface area (TPSA) is 0 Å². The molecule has 0 unspecified atom stereocenters. The number of hydrogen-bond donors (Lipinski definition) is 0. The summed E-state index contributed by atoms with van der Waals surface area (Å²) in [5.74, 6) is 0. The fraction of sp³-hybridized carbons (Fsp3) is 0. The van der Waals surface area contributed by atoms with E-state index in [1.165, 1.54) is 0 Å². The molecule has 0 saturated carbocycles. The van der Waals surface area contributed by atoms with Crippen LogP contribution >= 0.6 is 0 Å². The summed E-state index contributed by atoms with van der Waals surface area (Å²) in [5.41, 5.74) is 0. The summed E-state index contributed by atoms with van der Waals surface area (Å²) in [6, 6.07) is 0. The largest absolute Gasteiger partial charge is 1.00 e. The second-order valence-electron chi connectivity index (χ2n) is 0. The molecule has 0 aliphatic carbocycles. The minimum absolute atomic E-state index is 0. The second-order valence-corrected chi connectivity index (χ2v) is 0. The van der Waals surface area contributed by atoms with Gasteiger partial charge in [0.05, 0.1) is 0 Å². The molecule has 0 nitrogen and oxygen atoms in total. The fourth-order valence-electron chi connectivity index (χ4n) is 0. The molecular weight excluding hydrogens is 140 g/mol. The van der Waals surface area contributed by atoms with E-state index in [0.717, 1.165) is 0 Å². The van der Waals surface area contributed by atoms with E-state index in [1.54, 1.807) is 0 Å². The van der Waals surface area contributed by atoms with E-state index in [-0.39, 0.29) is 125 Å². The van der Waals surface area contributed by atoms with Crippen molar-refractivity contribution in [3.63, 3.8) is 0 Å². The molecule has 0 radical (unpaired) electrons. The van der Waals surface area contributed by atoms with Crippen LogP contribution in [0.5, 0.6) is 0 Å². The molecule has 0 aromatic carbocycles. The average Bonchev–Trinajstić information content (AvgIpc) is 0. The summed E-state index contributed by atoms with van der Waals surface area (Å²) in [5, 5.41) is 0. The Balaban J connectivity index is 0. The maximum atomic E-state index is 0. The Morgan fingerprint density at radius 1 is 0.800 bits per heavy atom. The fourth-order valence-corrected chi connectivity index (χ4v) is 0. The van der Waals surface area contributed by atoms with Gasteiger partial charge in [0.15, 0.2) is 0 Å². The van der Waals surface area contributed by atoms with Crippen LogP contribution in [0.4, 0.5) is 0 Å². The van der Waals surface area contributed by atoms with Gasteiger partial charge in [-0.1, -0.05) is 0 Å². The number of halogens is 2. The van der Waals surface area contributed by atoms with Crippen molar-refractivity contribution >= 4 is 51.4 Å². The van der Waals surface area contributed by atoms with Crippen LogP contribution in [0.3, 0.4) is 0 Å². The maximum absolute atomic E-state index is 0. The Bertz CT molecular complexity index is 9.61. The van der Waals surface area contributed by atoms with E-state index >= 15 is 0 Å². The van der Waals surface area contributed by atoms with Crippen molar-refractivity contribution < 1.29 is 73.2 Å². The normalized spacial score (nSPS) is 0. The molecule has 0 heterocycles. The Kier molecular flexibility index (Phi) is 185. The zero-order valence-corrected chi connectivity index (χ0v) is 6.27. The molecule has 5 heteroatoms. The summed E-state index contributed by atoms with van der Waals surface area (Å²) >= 11 is 0. The molecule has 0 aromatic rings. The van der Waals surface area contributed by atoms with Crippen molar-refractivity contribution in [2.45, 2.75) is 0 Å². The van der Waals surface area contributed by atoms with Gasteiger partial charge >= 0.3 is 99.8 Å². The Morgan fingerprint density at radius 2 is 0.800 bits per heavy atom. The molecular formula is HCl2KLiNa. The monoisotopic (exact) mass is 140 g/mol. The predicted octanol–water partition coefficient (Wildman–Crippen LogP) is -12.6. The van der Waals surface area contributed by atoms with E-state index < -0.39 is 0 Å². The van der Waals surface area contributed by atoms with Crippen molar-refractivity contribution in [1.29, 1.82) is 0 Å². The molecule has 0 saturated heterocycles. The summed E-state index contributed by atoms with van der Waals surface area (Å²) in [7, 11) is 0. The van der Waals surface area contributed by atoms with Crippen LogP contribution < -0.4 is 73.2 Å². The van der Waals surface area contributed by atoms with Crippen molar-refractivity contribution in [3.05, 3.63) is 0 Å². The Morgan fingerprint density at radius 3 is 0.800 bits per heavy atom. The van der Waals surface area contributed by atoms with Crippen LogP contribution in [0, 0.1) is 0 Å². The van der Waals surface area contributed by atoms with Crippen molar-refractivity contribution in [2.24, 2.45) is 0 Å². The van der Waals surface area contributed by atoms with Gasteiger partial charge in [-0.3, -0.25) is 0 Å². The third kappa shape index (κ3) is 18.2. The van der Waals surface area contributed by atoms with Gasteiger partial charge in [-0.15, -0.1) is 0 Å². The Hall–Kier alpha value is 3.81. The van der Waals surface area contributed by atoms with Gasteiger partial charge in [0.1, 0.15) is 0 Å². The summed E-state index contributed by atoms with van der Waals surface area (Å²) in [6.45, 7) is 0. The molecule has 18 valence electrons. The van der Waals surface area contributed by atoms with Gasteiger partial charge in [0, 0.05) is 0 Å². The van der Waals surface area contributed by atoms with Crippen molar-refractivity contribution in [2.75, 3.05) is 0 Å². The standard InChI is InChI=1S/2ClH.K.Li.Na.H/h2*1H;;;;/q;;;2*+1;/p-2. The first-order chi connectivity index (χ1) is 0. The van der Waals surface area contributed by atoms with Gasteiger partial charge in [-0.2, -0.15) is 0 Å². The molecule has 0 spiro atoms. The van der Waals surface area contributed by atoms with Crippen LogP contribution in [-0.2, 0) is 0 Å². The van der Waals surface area contributed by atoms with E-state index in [2.05, 4.69) is 0 Å². The van der Waals surface area contributed by atoms with E-state index in [4.69, 9.17) is 0 Å². The van der Waals surface area contributed by atoms with Crippen LogP contribution in [0.2, 0.25) is 0 Å². The molecule has 0 aliphatic heterocycles. The summed E-state index contributed by atoms with van der Waals surface area (Å²) < 4.78 is 0. The molecule has 0 rings (SSSR count). The van der Waals surface area contributed by atoms with Gasteiger partial charge in [0.2, 0.25) is 0 Å². The summed E-state index contributed by atoms with van der Waals surface area (Å²) in [4.78, 5) is 0. The average molecular weight is 141 g/mol. The molecule has 0 atom stereocenters. The third-order valence-corrected chi connectivity index (χ3v) is 0. The second kappa shape index (κ2) is 24.9. The third-order valence-electron chi connectivity index (χ3n) is 0. The van der Waals surface area contributed by atoms with Gasteiger partial charge in [-0.05, 0) is 0 Å². The minimum Gasteiger partial charge on any atom is 1.00 e. The zero-order chi connectivity index (χ0) is 0. The predicted molar refractivity (Wildman–Crippen MR) is 7.15 cm³/mol. The molecule has 0 N–H and O–H groups in total. The van der Waals surface area contributed by atoms with Crippen LogP contribution in [0.1, 0.15) is 0 Å². The first-order valence-corrected chi connectivity index (χ1v) is 0. The van der Waals surface area contributed by atoms with Crippen molar-refractivity contribution in [1.82, 2.24) is 0 Å². The van der Waals surface area contributed by atoms with Crippen LogP contribution in [0.25, 0.3) is 0 Å². The van der Waals surface area contributed by atoms with E-state index in [0.29, 0.717) is 0 Å². The molecule has 0 fully saturated rings. The minimum atomic E-state index is 0. The quantitative estimate of drug-likeness (QED) is 0.294. The van der Waals surface area contributed by atoms with Crippen LogP contribution in [0.15, 0.2) is 0 Å². The molecule has 5 heavy (non-hydrogen) atoms. The van der Waals surface area contributed by atoms with Gasteiger partial charge in [0.25, 0.3) is 0 Å². The Labute approximate surface area is 121 Å². The molecule has 0 bridgehead atoms. The molecule has 0 aromatic heterocycles. The zero-order valence-electron chi connectivity index (χ0n) is 2.76. The van der Waals surface area contributed by atoms with Crippen LogP contribution in [-0.4, -0.2) is 51.4 Å². The van der Waals surface area contributed by atoms with E-state index in [1.807, 2.05) is 0 Å². The molecule has 0 amide bonds. The first kappa shape index (κ1) is 37.0. The SMILES string of the molecule is [Cl-].[Cl-].[KH].[Li+].[Na+]. The molecule has 0 aliphatic rings. The number of rotatable bonds is 0. The smallest absolute Gasteiger partial charge is 1.00 e. The van der Waals surface area contributed by atoms with Gasteiger partial charge < -0.3 is 24.8 Å².